The third-order valence-electron chi connectivity index (χ3n) is 4.96. The van der Waals surface area contributed by atoms with Gasteiger partial charge in [0.05, 0.1) is 24.9 Å². The highest BCUT2D eigenvalue weighted by molar-refractivity contribution is 6.00. The molecule has 0 saturated heterocycles. The van der Waals surface area contributed by atoms with E-state index in [1.807, 2.05) is 19.1 Å². The van der Waals surface area contributed by atoms with Crippen LogP contribution in [0.3, 0.4) is 0 Å². The SMILES string of the molecule is Cc1cc2c(c(CC(=O)Nc3cnc(-c4cccnc4)c(F)c3)c1)C(=O)N(C)COC2. The Hall–Kier alpha value is -3.65. The van der Waals surface area contributed by atoms with Crippen molar-refractivity contribution >= 4 is 17.5 Å². The van der Waals surface area contributed by atoms with Gasteiger partial charge in [-0.3, -0.25) is 19.6 Å². The van der Waals surface area contributed by atoms with Crippen LogP contribution in [-0.2, 0) is 22.6 Å². The van der Waals surface area contributed by atoms with Crippen LogP contribution in [-0.4, -0.2) is 40.5 Å². The lowest BCUT2D eigenvalue weighted by molar-refractivity contribution is -0.115. The van der Waals surface area contributed by atoms with Crippen LogP contribution < -0.4 is 5.32 Å². The number of benzene rings is 1. The standard InChI is InChI=1S/C23H21FN4O3/c1-14-6-16(21-17(7-14)12-31-13-28(2)23(21)30)8-20(29)27-18-9-19(24)22(26-11-18)15-4-3-5-25-10-15/h3-7,9-11H,8,12-13H2,1-2H3,(H,27,29). The summed E-state index contributed by atoms with van der Waals surface area (Å²) in [5, 5.41) is 2.66. The Balaban J connectivity index is 1.55. The molecule has 0 aliphatic carbocycles. The first-order valence-electron chi connectivity index (χ1n) is 9.74. The van der Waals surface area contributed by atoms with Gasteiger partial charge in [0.25, 0.3) is 5.91 Å². The smallest absolute Gasteiger partial charge is 0.256 e. The molecule has 0 saturated carbocycles. The Labute approximate surface area is 178 Å². The first kappa shape index (κ1) is 20.6. The fraction of sp³-hybridized carbons (Fsp3) is 0.217. The molecule has 3 heterocycles. The van der Waals surface area contributed by atoms with Crippen molar-refractivity contribution in [1.82, 2.24) is 14.9 Å². The van der Waals surface area contributed by atoms with Gasteiger partial charge in [0.1, 0.15) is 12.4 Å². The number of aryl methyl sites for hydroxylation is 1. The molecule has 3 aromatic rings. The van der Waals surface area contributed by atoms with Crippen LogP contribution >= 0.6 is 0 Å². The van der Waals surface area contributed by atoms with E-state index in [-0.39, 0.29) is 36.3 Å². The number of carbonyl (C=O) groups is 2. The average molecular weight is 420 g/mol. The van der Waals surface area contributed by atoms with E-state index in [1.165, 1.54) is 23.4 Å². The van der Waals surface area contributed by atoms with Crippen LogP contribution in [0.2, 0.25) is 0 Å². The first-order chi connectivity index (χ1) is 14.9. The lowest BCUT2D eigenvalue weighted by atomic mass is 9.95. The molecule has 2 aromatic heterocycles. The topological polar surface area (TPSA) is 84.4 Å². The van der Waals surface area contributed by atoms with E-state index in [4.69, 9.17) is 4.74 Å². The summed E-state index contributed by atoms with van der Waals surface area (Å²) in [5.74, 6) is -1.13. The van der Waals surface area contributed by atoms with Crippen LogP contribution in [0.4, 0.5) is 10.1 Å². The monoisotopic (exact) mass is 420 g/mol. The highest BCUT2D eigenvalue weighted by Crippen LogP contribution is 2.25. The van der Waals surface area contributed by atoms with Crippen molar-refractivity contribution in [2.45, 2.75) is 20.0 Å². The predicted molar refractivity (Wildman–Crippen MR) is 113 cm³/mol. The van der Waals surface area contributed by atoms with Gasteiger partial charge < -0.3 is 15.0 Å². The number of rotatable bonds is 4. The van der Waals surface area contributed by atoms with Crippen molar-refractivity contribution in [3.63, 3.8) is 0 Å². The van der Waals surface area contributed by atoms with Gasteiger partial charge in [-0.2, -0.15) is 0 Å². The number of anilines is 1. The molecule has 7 nitrogen and oxygen atoms in total. The van der Waals surface area contributed by atoms with E-state index >= 15 is 0 Å². The number of amides is 2. The maximum absolute atomic E-state index is 14.5. The van der Waals surface area contributed by atoms with E-state index in [0.29, 0.717) is 23.3 Å². The molecular weight excluding hydrogens is 399 g/mol. The molecule has 1 aliphatic heterocycles. The molecule has 0 atom stereocenters. The van der Waals surface area contributed by atoms with Gasteiger partial charge in [-0.05, 0) is 30.2 Å². The molecule has 0 fully saturated rings. The summed E-state index contributed by atoms with van der Waals surface area (Å²) in [7, 11) is 1.65. The quantitative estimate of drug-likeness (QED) is 0.700. The maximum Gasteiger partial charge on any atom is 0.256 e. The Morgan fingerprint density at radius 1 is 1.29 bits per heavy atom. The Morgan fingerprint density at radius 2 is 2.13 bits per heavy atom. The zero-order valence-electron chi connectivity index (χ0n) is 17.2. The van der Waals surface area contributed by atoms with Crippen LogP contribution in [0.1, 0.15) is 27.0 Å². The Morgan fingerprint density at radius 3 is 2.87 bits per heavy atom. The van der Waals surface area contributed by atoms with E-state index in [1.54, 1.807) is 25.4 Å². The number of fused-ring (bicyclic) bond motifs is 1. The van der Waals surface area contributed by atoms with E-state index < -0.39 is 5.82 Å². The molecule has 0 unspecified atom stereocenters. The lowest BCUT2D eigenvalue weighted by Crippen LogP contribution is -2.28. The number of aromatic nitrogens is 2. The molecule has 158 valence electrons. The molecule has 1 N–H and O–H groups in total. The second-order valence-corrected chi connectivity index (χ2v) is 7.46. The molecule has 2 amide bonds. The zero-order chi connectivity index (χ0) is 22.0. The highest BCUT2D eigenvalue weighted by Gasteiger charge is 2.25. The lowest BCUT2D eigenvalue weighted by Gasteiger charge is -2.16. The second kappa shape index (κ2) is 8.61. The van der Waals surface area contributed by atoms with Crippen molar-refractivity contribution in [3.05, 3.63) is 77.0 Å². The van der Waals surface area contributed by atoms with Crippen molar-refractivity contribution in [3.8, 4) is 11.3 Å². The maximum atomic E-state index is 14.5. The van der Waals surface area contributed by atoms with Crippen molar-refractivity contribution in [2.24, 2.45) is 0 Å². The van der Waals surface area contributed by atoms with Gasteiger partial charge in [-0.1, -0.05) is 17.7 Å². The van der Waals surface area contributed by atoms with Crippen LogP contribution in [0.5, 0.6) is 0 Å². The largest absolute Gasteiger partial charge is 0.356 e. The third kappa shape index (κ3) is 4.44. The first-order valence-corrected chi connectivity index (χ1v) is 9.74. The number of hydrogen-bond acceptors (Lipinski definition) is 5. The summed E-state index contributed by atoms with van der Waals surface area (Å²) >= 11 is 0. The fourth-order valence-electron chi connectivity index (χ4n) is 3.61. The third-order valence-corrected chi connectivity index (χ3v) is 4.96. The van der Waals surface area contributed by atoms with Gasteiger partial charge in [0.2, 0.25) is 5.91 Å². The summed E-state index contributed by atoms with van der Waals surface area (Å²) in [5.41, 5.74) is 3.71. The highest BCUT2D eigenvalue weighted by atomic mass is 19.1. The number of carbonyl (C=O) groups excluding carboxylic acids is 2. The molecule has 31 heavy (non-hydrogen) atoms. The van der Waals surface area contributed by atoms with Gasteiger partial charge >= 0.3 is 0 Å². The molecular formula is C23H21FN4O3. The van der Waals surface area contributed by atoms with E-state index in [2.05, 4.69) is 15.3 Å². The normalized spacial score (nSPS) is 13.5. The van der Waals surface area contributed by atoms with Gasteiger partial charge in [-0.15, -0.1) is 0 Å². The van der Waals surface area contributed by atoms with Crippen molar-refractivity contribution in [1.29, 1.82) is 0 Å². The van der Waals surface area contributed by atoms with Gasteiger partial charge in [0.15, 0.2) is 5.82 Å². The molecule has 0 bridgehead atoms. The Kier molecular flexibility index (Phi) is 5.73. The zero-order valence-corrected chi connectivity index (χ0v) is 17.2. The number of nitrogens with zero attached hydrogens (tertiary/aromatic N) is 3. The predicted octanol–water partition coefficient (Wildman–Crippen LogP) is 3.33. The van der Waals surface area contributed by atoms with Gasteiger partial charge in [0, 0.05) is 36.6 Å². The second-order valence-electron chi connectivity index (χ2n) is 7.46. The summed E-state index contributed by atoms with van der Waals surface area (Å²) < 4.78 is 20.1. The number of ether oxygens (including phenoxy) is 1. The summed E-state index contributed by atoms with van der Waals surface area (Å²) in [4.78, 5) is 35.0. The Bertz CT molecular complexity index is 1150. The average Bonchev–Trinajstić information content (AvgIpc) is 2.87. The number of halogens is 1. The minimum absolute atomic E-state index is 0.0322. The van der Waals surface area contributed by atoms with Crippen molar-refractivity contribution < 1.29 is 18.7 Å². The minimum Gasteiger partial charge on any atom is -0.356 e. The van der Waals surface area contributed by atoms with Crippen LogP contribution in [0, 0.1) is 12.7 Å². The molecule has 0 spiro atoms. The number of hydrogen-bond donors (Lipinski definition) is 1. The number of nitrogens with one attached hydrogen (secondary N) is 1. The summed E-state index contributed by atoms with van der Waals surface area (Å²) in [6, 6.07) is 8.33. The van der Waals surface area contributed by atoms with Crippen LogP contribution in [0.15, 0.2) is 48.9 Å². The minimum atomic E-state index is -0.566. The van der Waals surface area contributed by atoms with Gasteiger partial charge in [-0.25, -0.2) is 4.39 Å². The summed E-state index contributed by atoms with van der Waals surface area (Å²) in [6.07, 6.45) is 4.48. The molecule has 1 aliphatic rings. The van der Waals surface area contributed by atoms with E-state index in [9.17, 15) is 14.0 Å². The molecule has 8 heteroatoms. The molecule has 0 radical (unpaired) electrons. The van der Waals surface area contributed by atoms with E-state index in [0.717, 1.165) is 11.1 Å². The number of pyridine rings is 2. The molecule has 4 rings (SSSR count). The van der Waals surface area contributed by atoms with Crippen LogP contribution in [0.25, 0.3) is 11.3 Å². The summed E-state index contributed by atoms with van der Waals surface area (Å²) in [6.45, 7) is 2.39. The molecule has 1 aromatic carbocycles. The van der Waals surface area contributed by atoms with Crippen molar-refractivity contribution in [2.75, 3.05) is 19.1 Å². The fourth-order valence-corrected chi connectivity index (χ4v) is 3.61.